The van der Waals surface area contributed by atoms with E-state index in [2.05, 4.69) is 10.3 Å². The monoisotopic (exact) mass is 351 g/mol. The summed E-state index contributed by atoms with van der Waals surface area (Å²) >= 11 is 1.59. The van der Waals surface area contributed by atoms with Crippen LogP contribution in [0, 0.1) is 11.8 Å². The largest absolute Gasteiger partial charge is 0.393 e. The van der Waals surface area contributed by atoms with E-state index in [9.17, 15) is 9.90 Å². The maximum absolute atomic E-state index is 12.5. The Balaban J connectivity index is 1.34. The van der Waals surface area contributed by atoms with Gasteiger partial charge in [0.05, 0.1) is 6.10 Å². The van der Waals surface area contributed by atoms with Gasteiger partial charge in [0.1, 0.15) is 0 Å². The third-order valence-corrected chi connectivity index (χ3v) is 6.75. The molecule has 2 saturated heterocycles. The number of hydrogen-bond acceptors (Lipinski definition) is 5. The van der Waals surface area contributed by atoms with Crippen LogP contribution in [0.4, 0.5) is 9.93 Å². The number of anilines is 1. The molecule has 3 unspecified atom stereocenters. The van der Waals surface area contributed by atoms with Crippen LogP contribution in [-0.4, -0.2) is 53.4 Å². The Hall–Kier alpha value is -1.18. The predicted molar refractivity (Wildman–Crippen MR) is 92.3 cm³/mol. The van der Waals surface area contributed by atoms with Gasteiger partial charge < -0.3 is 14.7 Å². The van der Waals surface area contributed by atoms with Crippen molar-refractivity contribution >= 4 is 22.5 Å². The Morgan fingerprint density at radius 3 is 2.88 bits per heavy atom. The molecule has 1 aromatic heterocycles. The molecule has 24 heavy (non-hydrogen) atoms. The summed E-state index contributed by atoms with van der Waals surface area (Å²) in [5.41, 5.74) is 0. The van der Waals surface area contributed by atoms with Crippen molar-refractivity contribution in [2.24, 2.45) is 11.8 Å². The van der Waals surface area contributed by atoms with Crippen LogP contribution in [0.25, 0.3) is 0 Å². The molecule has 4 rings (SSSR count). The number of fused-ring (bicyclic) bond motifs is 1. The molecule has 3 atom stereocenters. The molecule has 1 aliphatic carbocycles. The Bertz CT molecular complexity index is 587. The number of carbonyl (C=O) groups is 1. The molecule has 0 radical (unpaired) electrons. The minimum Gasteiger partial charge on any atom is -0.393 e. The van der Waals surface area contributed by atoms with E-state index in [1.165, 1.54) is 4.88 Å². The highest BCUT2D eigenvalue weighted by molar-refractivity contribution is 7.15. The molecule has 7 heteroatoms. The van der Waals surface area contributed by atoms with Crippen molar-refractivity contribution in [2.45, 2.75) is 44.1 Å². The van der Waals surface area contributed by atoms with E-state index in [1.54, 1.807) is 11.3 Å². The van der Waals surface area contributed by atoms with E-state index in [-0.39, 0.29) is 12.1 Å². The number of nitrogens with zero attached hydrogens (tertiary/aromatic N) is 2. The molecular formula is C17H25N3O3S. The van der Waals surface area contributed by atoms with Gasteiger partial charge in [-0.2, -0.15) is 0 Å². The standard InChI is InChI=1S/C17H25N3O3S/c21-14-2-1-12-9-20(10-13(12)7-14)17(22)19-16-18-8-15(24-16)11-3-5-23-6-4-11/h8,11-14,21H,1-7,9-10H2,(H,18,19,22). The lowest BCUT2D eigenvalue weighted by Crippen LogP contribution is -2.33. The second-order valence-corrected chi connectivity index (χ2v) is 8.34. The molecule has 2 amide bonds. The Kier molecular flexibility index (Phi) is 4.74. The molecule has 132 valence electrons. The normalized spacial score (nSPS) is 31.0. The van der Waals surface area contributed by atoms with E-state index in [0.29, 0.717) is 22.9 Å². The highest BCUT2D eigenvalue weighted by Gasteiger charge is 2.39. The number of thiazole rings is 1. The van der Waals surface area contributed by atoms with Crippen molar-refractivity contribution in [1.29, 1.82) is 0 Å². The fraction of sp³-hybridized carbons (Fsp3) is 0.765. The number of aromatic nitrogens is 1. The predicted octanol–water partition coefficient (Wildman–Crippen LogP) is 2.66. The van der Waals surface area contributed by atoms with Crippen LogP contribution in [0.3, 0.4) is 0 Å². The van der Waals surface area contributed by atoms with Crippen molar-refractivity contribution in [1.82, 2.24) is 9.88 Å². The summed E-state index contributed by atoms with van der Waals surface area (Å²) in [5.74, 6) is 1.51. The van der Waals surface area contributed by atoms with Crippen molar-refractivity contribution in [3.8, 4) is 0 Å². The molecule has 1 aromatic rings. The van der Waals surface area contributed by atoms with Gasteiger partial charge in [-0.05, 0) is 49.9 Å². The highest BCUT2D eigenvalue weighted by Crippen LogP contribution is 2.37. The first-order valence-electron chi connectivity index (χ1n) is 8.96. The molecular weight excluding hydrogens is 326 g/mol. The highest BCUT2D eigenvalue weighted by atomic mass is 32.1. The van der Waals surface area contributed by atoms with Crippen LogP contribution in [-0.2, 0) is 4.74 Å². The first-order chi connectivity index (χ1) is 11.7. The number of amides is 2. The van der Waals surface area contributed by atoms with Gasteiger partial charge in [-0.1, -0.05) is 0 Å². The van der Waals surface area contributed by atoms with Gasteiger partial charge in [-0.25, -0.2) is 9.78 Å². The van der Waals surface area contributed by atoms with Crippen LogP contribution in [0.1, 0.15) is 42.9 Å². The van der Waals surface area contributed by atoms with Crippen LogP contribution < -0.4 is 5.32 Å². The maximum atomic E-state index is 12.5. The van der Waals surface area contributed by atoms with Gasteiger partial charge in [-0.3, -0.25) is 5.32 Å². The lowest BCUT2D eigenvalue weighted by Gasteiger charge is -2.27. The minimum atomic E-state index is -0.185. The molecule has 6 nitrogen and oxygen atoms in total. The summed E-state index contributed by atoms with van der Waals surface area (Å²) in [4.78, 5) is 20.0. The third kappa shape index (κ3) is 3.43. The number of carbonyl (C=O) groups excluding carboxylic acids is 1. The number of aliphatic hydroxyl groups is 1. The fourth-order valence-electron chi connectivity index (χ4n) is 4.26. The summed E-state index contributed by atoms with van der Waals surface area (Å²) in [5, 5.41) is 13.5. The van der Waals surface area contributed by atoms with Crippen LogP contribution in [0.15, 0.2) is 6.20 Å². The smallest absolute Gasteiger partial charge is 0.323 e. The molecule has 2 aliphatic heterocycles. The van der Waals surface area contributed by atoms with E-state index in [1.807, 2.05) is 11.1 Å². The average molecular weight is 351 g/mol. The topological polar surface area (TPSA) is 74.7 Å². The van der Waals surface area contributed by atoms with Crippen LogP contribution in [0.5, 0.6) is 0 Å². The van der Waals surface area contributed by atoms with Gasteiger partial charge in [0.25, 0.3) is 0 Å². The summed E-state index contributed by atoms with van der Waals surface area (Å²) in [6.07, 6.45) is 6.52. The molecule has 2 N–H and O–H groups in total. The Morgan fingerprint density at radius 1 is 1.25 bits per heavy atom. The first kappa shape index (κ1) is 16.3. The lowest BCUT2D eigenvalue weighted by molar-refractivity contribution is 0.0859. The van der Waals surface area contributed by atoms with E-state index >= 15 is 0 Å². The number of ether oxygens (including phenoxy) is 1. The van der Waals surface area contributed by atoms with E-state index < -0.39 is 0 Å². The number of likely N-dealkylation sites (tertiary alicyclic amines) is 1. The first-order valence-corrected chi connectivity index (χ1v) is 9.78. The zero-order chi connectivity index (χ0) is 16.5. The Morgan fingerprint density at radius 2 is 2.04 bits per heavy atom. The molecule has 3 fully saturated rings. The lowest BCUT2D eigenvalue weighted by atomic mass is 9.80. The van der Waals surface area contributed by atoms with Gasteiger partial charge in [0, 0.05) is 37.4 Å². The van der Waals surface area contributed by atoms with Crippen LogP contribution >= 0.6 is 11.3 Å². The number of nitrogens with one attached hydrogen (secondary N) is 1. The van der Waals surface area contributed by atoms with E-state index in [0.717, 1.165) is 58.4 Å². The molecule has 0 bridgehead atoms. The van der Waals surface area contributed by atoms with Gasteiger partial charge in [0.2, 0.25) is 0 Å². The van der Waals surface area contributed by atoms with Crippen molar-refractivity contribution in [3.63, 3.8) is 0 Å². The van der Waals surface area contributed by atoms with Crippen molar-refractivity contribution in [3.05, 3.63) is 11.1 Å². The molecule has 1 saturated carbocycles. The second kappa shape index (κ2) is 6.98. The Labute approximate surface area is 146 Å². The van der Waals surface area contributed by atoms with E-state index in [4.69, 9.17) is 4.74 Å². The number of urea groups is 1. The minimum absolute atomic E-state index is 0.0493. The van der Waals surface area contributed by atoms with Gasteiger partial charge >= 0.3 is 6.03 Å². The number of rotatable bonds is 2. The van der Waals surface area contributed by atoms with Crippen LogP contribution in [0.2, 0.25) is 0 Å². The quantitative estimate of drug-likeness (QED) is 0.859. The summed E-state index contributed by atoms with van der Waals surface area (Å²) in [6, 6.07) is -0.0493. The summed E-state index contributed by atoms with van der Waals surface area (Å²) in [7, 11) is 0. The second-order valence-electron chi connectivity index (χ2n) is 7.28. The van der Waals surface area contributed by atoms with Crippen molar-refractivity contribution in [2.75, 3.05) is 31.6 Å². The molecule has 3 aliphatic rings. The maximum Gasteiger partial charge on any atom is 0.323 e. The number of aliphatic hydroxyl groups excluding tert-OH is 1. The fourth-order valence-corrected chi connectivity index (χ4v) is 5.23. The molecule has 0 spiro atoms. The van der Waals surface area contributed by atoms with Gasteiger partial charge in [-0.15, -0.1) is 11.3 Å². The van der Waals surface area contributed by atoms with Crippen molar-refractivity contribution < 1.29 is 14.6 Å². The summed E-state index contributed by atoms with van der Waals surface area (Å²) in [6.45, 7) is 3.19. The zero-order valence-corrected chi connectivity index (χ0v) is 14.6. The summed E-state index contributed by atoms with van der Waals surface area (Å²) < 4.78 is 5.40. The van der Waals surface area contributed by atoms with Gasteiger partial charge in [0.15, 0.2) is 5.13 Å². The number of hydrogen-bond donors (Lipinski definition) is 2. The zero-order valence-electron chi connectivity index (χ0n) is 13.8. The third-order valence-electron chi connectivity index (χ3n) is 5.67. The molecule has 3 heterocycles. The average Bonchev–Trinajstić information content (AvgIpc) is 3.22. The SMILES string of the molecule is O=C(Nc1ncc(C2CCOCC2)s1)N1CC2CCC(O)CC2C1. The molecule has 0 aromatic carbocycles.